The van der Waals surface area contributed by atoms with Crippen LogP contribution in [-0.4, -0.2) is 6.67 Å². The predicted octanol–water partition coefficient (Wildman–Crippen LogP) is 3.93. The van der Waals surface area contributed by atoms with Crippen molar-refractivity contribution < 1.29 is 4.39 Å². The molecule has 0 heterocycles. The van der Waals surface area contributed by atoms with E-state index in [1.807, 2.05) is 0 Å². The van der Waals surface area contributed by atoms with E-state index in [0.29, 0.717) is 6.42 Å². The second-order valence-corrected chi connectivity index (χ2v) is 3.71. The van der Waals surface area contributed by atoms with E-state index in [4.69, 9.17) is 0 Å². The van der Waals surface area contributed by atoms with Crippen molar-refractivity contribution in [2.75, 3.05) is 6.67 Å². The van der Waals surface area contributed by atoms with E-state index in [1.165, 1.54) is 17.5 Å². The normalized spacial score (nSPS) is 10.4. The topological polar surface area (TPSA) is 0 Å². The van der Waals surface area contributed by atoms with Gasteiger partial charge in [-0.05, 0) is 36.8 Å². The van der Waals surface area contributed by atoms with Crippen LogP contribution in [0.2, 0.25) is 0 Å². The molecule has 0 aliphatic heterocycles. The molecule has 78 valence electrons. The predicted molar refractivity (Wildman–Crippen MR) is 59.4 cm³/mol. The number of aryl methyl sites for hydroxylation is 2. The van der Waals surface area contributed by atoms with E-state index in [1.54, 1.807) is 0 Å². The van der Waals surface area contributed by atoms with Crippen LogP contribution < -0.4 is 0 Å². The summed E-state index contributed by atoms with van der Waals surface area (Å²) in [6.07, 6.45) is 5.02. The Morgan fingerprint density at radius 3 is 2.00 bits per heavy atom. The molecule has 1 rings (SSSR count). The van der Waals surface area contributed by atoms with Crippen molar-refractivity contribution in [1.29, 1.82) is 0 Å². The van der Waals surface area contributed by atoms with Crippen LogP contribution in [0, 0.1) is 0 Å². The highest BCUT2D eigenvalue weighted by Gasteiger charge is 1.94. The standard InChI is InChI=1S/C13H19F/c1-2-5-12-7-9-13(10-8-12)6-3-4-11-14/h7-10H,2-6,11H2,1H3. The van der Waals surface area contributed by atoms with Crippen molar-refractivity contribution >= 4 is 0 Å². The highest BCUT2D eigenvalue weighted by Crippen LogP contribution is 2.09. The van der Waals surface area contributed by atoms with Gasteiger partial charge in [0.15, 0.2) is 0 Å². The average Bonchev–Trinajstić information content (AvgIpc) is 2.21. The quantitative estimate of drug-likeness (QED) is 0.602. The first kappa shape index (κ1) is 11.2. The summed E-state index contributed by atoms with van der Waals surface area (Å²) in [7, 11) is 0. The SMILES string of the molecule is CCCc1ccc(CCCCF)cc1. The third-order valence-electron chi connectivity index (χ3n) is 2.41. The molecule has 0 aliphatic rings. The van der Waals surface area contributed by atoms with Gasteiger partial charge in [-0.3, -0.25) is 4.39 Å². The Morgan fingerprint density at radius 2 is 1.50 bits per heavy atom. The van der Waals surface area contributed by atoms with Crippen LogP contribution >= 0.6 is 0 Å². The van der Waals surface area contributed by atoms with Gasteiger partial charge in [0, 0.05) is 0 Å². The summed E-state index contributed by atoms with van der Waals surface area (Å²) in [4.78, 5) is 0. The molecule has 1 aromatic rings. The minimum atomic E-state index is -0.187. The summed E-state index contributed by atoms with van der Waals surface area (Å²) < 4.78 is 11.9. The Bertz CT molecular complexity index is 238. The monoisotopic (exact) mass is 194 g/mol. The molecule has 14 heavy (non-hydrogen) atoms. The molecule has 0 N–H and O–H groups in total. The maximum absolute atomic E-state index is 11.9. The second-order valence-electron chi connectivity index (χ2n) is 3.71. The summed E-state index contributed by atoms with van der Waals surface area (Å²) in [6, 6.07) is 8.72. The lowest BCUT2D eigenvalue weighted by molar-refractivity contribution is 0.462. The molecule has 0 amide bonds. The Labute approximate surface area is 86.2 Å². The van der Waals surface area contributed by atoms with E-state index in [-0.39, 0.29) is 6.67 Å². The number of hydrogen-bond donors (Lipinski definition) is 0. The second kappa shape index (κ2) is 6.58. The molecule has 0 unspecified atom stereocenters. The van der Waals surface area contributed by atoms with Gasteiger partial charge in [0.1, 0.15) is 0 Å². The molecule has 0 fully saturated rings. The highest BCUT2D eigenvalue weighted by molar-refractivity contribution is 5.22. The zero-order chi connectivity index (χ0) is 10.2. The maximum atomic E-state index is 11.9. The van der Waals surface area contributed by atoms with Gasteiger partial charge in [-0.2, -0.15) is 0 Å². The summed E-state index contributed by atoms with van der Waals surface area (Å²) in [5, 5.41) is 0. The zero-order valence-corrected chi connectivity index (χ0v) is 8.93. The number of benzene rings is 1. The molecular weight excluding hydrogens is 175 g/mol. The first-order valence-corrected chi connectivity index (χ1v) is 5.50. The lowest BCUT2D eigenvalue weighted by atomic mass is 10.0. The van der Waals surface area contributed by atoms with Crippen molar-refractivity contribution in [1.82, 2.24) is 0 Å². The van der Waals surface area contributed by atoms with Crippen LogP contribution in [0.5, 0.6) is 0 Å². The Kier molecular flexibility index (Phi) is 5.28. The van der Waals surface area contributed by atoms with Gasteiger partial charge in [-0.25, -0.2) is 0 Å². The van der Waals surface area contributed by atoms with Crippen molar-refractivity contribution in [3.05, 3.63) is 35.4 Å². The van der Waals surface area contributed by atoms with Crippen LogP contribution in [0.3, 0.4) is 0 Å². The summed E-state index contributed by atoms with van der Waals surface area (Å²) in [5.74, 6) is 0. The van der Waals surface area contributed by atoms with Crippen LogP contribution in [-0.2, 0) is 12.8 Å². The molecular formula is C13H19F. The van der Waals surface area contributed by atoms with Gasteiger partial charge < -0.3 is 0 Å². The molecule has 0 aliphatic carbocycles. The summed E-state index contributed by atoms with van der Waals surface area (Å²) in [6.45, 7) is 2.00. The van der Waals surface area contributed by atoms with E-state index in [0.717, 1.165) is 19.3 Å². The number of rotatable bonds is 6. The van der Waals surface area contributed by atoms with Gasteiger partial charge in [0.2, 0.25) is 0 Å². The fourth-order valence-corrected chi connectivity index (χ4v) is 1.58. The van der Waals surface area contributed by atoms with Gasteiger partial charge in [-0.15, -0.1) is 0 Å². The van der Waals surface area contributed by atoms with Gasteiger partial charge in [-0.1, -0.05) is 37.6 Å². The first-order chi connectivity index (χ1) is 6.86. The summed E-state index contributed by atoms with van der Waals surface area (Å²) in [5.41, 5.74) is 2.74. The van der Waals surface area contributed by atoms with Crippen molar-refractivity contribution in [3.63, 3.8) is 0 Å². The molecule has 0 saturated heterocycles. The fourth-order valence-electron chi connectivity index (χ4n) is 1.58. The molecule has 0 nitrogen and oxygen atoms in total. The van der Waals surface area contributed by atoms with Gasteiger partial charge in [0.25, 0.3) is 0 Å². The zero-order valence-electron chi connectivity index (χ0n) is 8.93. The molecule has 1 aromatic carbocycles. The lowest BCUT2D eigenvalue weighted by Crippen LogP contribution is -1.88. The van der Waals surface area contributed by atoms with Crippen LogP contribution in [0.1, 0.15) is 37.3 Å². The van der Waals surface area contributed by atoms with Crippen LogP contribution in [0.4, 0.5) is 4.39 Å². The van der Waals surface area contributed by atoms with E-state index in [2.05, 4.69) is 31.2 Å². The third kappa shape index (κ3) is 3.91. The highest BCUT2D eigenvalue weighted by atomic mass is 19.1. The number of alkyl halides is 1. The van der Waals surface area contributed by atoms with Crippen molar-refractivity contribution in [3.8, 4) is 0 Å². The Hall–Kier alpha value is -0.850. The Morgan fingerprint density at radius 1 is 0.929 bits per heavy atom. The molecule has 0 radical (unpaired) electrons. The Balaban J connectivity index is 2.38. The average molecular weight is 194 g/mol. The number of unbranched alkanes of at least 4 members (excludes halogenated alkanes) is 1. The molecule has 0 spiro atoms. The molecule has 0 aromatic heterocycles. The maximum Gasteiger partial charge on any atom is 0.0894 e. The summed E-state index contributed by atoms with van der Waals surface area (Å²) >= 11 is 0. The minimum absolute atomic E-state index is 0.187. The van der Waals surface area contributed by atoms with Crippen molar-refractivity contribution in [2.24, 2.45) is 0 Å². The fraction of sp³-hybridized carbons (Fsp3) is 0.538. The largest absolute Gasteiger partial charge is 0.251 e. The van der Waals surface area contributed by atoms with E-state index in [9.17, 15) is 4.39 Å². The molecule has 0 bridgehead atoms. The minimum Gasteiger partial charge on any atom is -0.251 e. The van der Waals surface area contributed by atoms with Gasteiger partial charge in [0.05, 0.1) is 6.67 Å². The lowest BCUT2D eigenvalue weighted by Gasteiger charge is -2.02. The number of hydrogen-bond acceptors (Lipinski definition) is 0. The van der Waals surface area contributed by atoms with Crippen LogP contribution in [0.25, 0.3) is 0 Å². The smallest absolute Gasteiger partial charge is 0.0894 e. The molecule has 1 heteroatoms. The van der Waals surface area contributed by atoms with Gasteiger partial charge >= 0.3 is 0 Å². The van der Waals surface area contributed by atoms with E-state index >= 15 is 0 Å². The third-order valence-corrected chi connectivity index (χ3v) is 2.41. The van der Waals surface area contributed by atoms with Crippen LogP contribution in [0.15, 0.2) is 24.3 Å². The first-order valence-electron chi connectivity index (χ1n) is 5.50. The molecule has 0 atom stereocenters. The van der Waals surface area contributed by atoms with E-state index < -0.39 is 0 Å². The van der Waals surface area contributed by atoms with Crippen molar-refractivity contribution in [2.45, 2.75) is 39.0 Å². The molecule has 0 saturated carbocycles. The number of halogens is 1.